The van der Waals surface area contributed by atoms with E-state index in [-0.39, 0.29) is 6.04 Å². The van der Waals surface area contributed by atoms with Crippen LogP contribution in [0.3, 0.4) is 0 Å². The first-order valence-electron chi connectivity index (χ1n) is 5.65. The summed E-state index contributed by atoms with van der Waals surface area (Å²) < 4.78 is 1.78. The van der Waals surface area contributed by atoms with Crippen LogP contribution in [0.5, 0.6) is 0 Å². The highest BCUT2D eigenvalue weighted by molar-refractivity contribution is 5.08. The normalized spacial score (nSPS) is 12.6. The SMILES string of the molecule is Cn1ccc(C(CCc2ccccn2)NN)n1. The van der Waals surface area contributed by atoms with Crippen molar-refractivity contribution in [2.45, 2.75) is 18.9 Å². The van der Waals surface area contributed by atoms with Crippen molar-refractivity contribution < 1.29 is 0 Å². The smallest absolute Gasteiger partial charge is 0.0807 e. The molecule has 0 saturated carbocycles. The van der Waals surface area contributed by atoms with E-state index < -0.39 is 0 Å². The van der Waals surface area contributed by atoms with Gasteiger partial charge in [-0.2, -0.15) is 5.10 Å². The Kier molecular flexibility index (Phi) is 3.85. The number of hydrogen-bond donors (Lipinski definition) is 2. The van der Waals surface area contributed by atoms with Crippen molar-refractivity contribution in [3.05, 3.63) is 48.0 Å². The third kappa shape index (κ3) is 3.12. The van der Waals surface area contributed by atoms with Crippen molar-refractivity contribution in [3.63, 3.8) is 0 Å². The molecule has 5 nitrogen and oxygen atoms in total. The van der Waals surface area contributed by atoms with Gasteiger partial charge in [-0.3, -0.25) is 20.9 Å². The van der Waals surface area contributed by atoms with Crippen molar-refractivity contribution in [1.29, 1.82) is 0 Å². The van der Waals surface area contributed by atoms with E-state index in [4.69, 9.17) is 5.84 Å². The van der Waals surface area contributed by atoms with Gasteiger partial charge in [0.25, 0.3) is 0 Å². The standard InChI is InChI=1S/C12H17N5/c1-17-9-7-12(16-17)11(15-13)6-5-10-4-2-3-8-14-10/h2-4,7-9,11,15H,5-6,13H2,1H3. The summed E-state index contributed by atoms with van der Waals surface area (Å²) in [6.07, 6.45) is 5.48. The minimum atomic E-state index is 0.0678. The molecule has 0 radical (unpaired) electrons. The molecule has 0 aromatic carbocycles. The maximum absolute atomic E-state index is 5.56. The van der Waals surface area contributed by atoms with Gasteiger partial charge in [0.15, 0.2) is 0 Å². The number of pyridine rings is 1. The first-order valence-corrected chi connectivity index (χ1v) is 5.65. The third-order valence-corrected chi connectivity index (χ3v) is 2.71. The van der Waals surface area contributed by atoms with Crippen LogP contribution in [0.4, 0.5) is 0 Å². The van der Waals surface area contributed by atoms with E-state index in [1.807, 2.05) is 37.5 Å². The molecule has 0 fully saturated rings. The number of nitrogens with one attached hydrogen (secondary N) is 1. The number of nitrogens with zero attached hydrogens (tertiary/aromatic N) is 3. The van der Waals surface area contributed by atoms with E-state index in [0.717, 1.165) is 24.2 Å². The second kappa shape index (κ2) is 5.56. The van der Waals surface area contributed by atoms with Crippen LogP contribution in [0.15, 0.2) is 36.7 Å². The highest BCUT2D eigenvalue weighted by Crippen LogP contribution is 2.15. The maximum atomic E-state index is 5.56. The Morgan fingerprint density at radius 2 is 2.29 bits per heavy atom. The molecular weight excluding hydrogens is 214 g/mol. The van der Waals surface area contributed by atoms with Gasteiger partial charge in [0.05, 0.1) is 11.7 Å². The Hall–Kier alpha value is -1.72. The van der Waals surface area contributed by atoms with E-state index in [9.17, 15) is 0 Å². The van der Waals surface area contributed by atoms with Gasteiger partial charge in [-0.1, -0.05) is 6.07 Å². The first kappa shape index (κ1) is 11.8. The van der Waals surface area contributed by atoms with Gasteiger partial charge in [-0.05, 0) is 31.0 Å². The highest BCUT2D eigenvalue weighted by atomic mass is 15.3. The molecule has 0 aliphatic rings. The molecule has 2 rings (SSSR count). The molecule has 1 atom stereocenters. The number of hydrazine groups is 1. The molecule has 5 heteroatoms. The largest absolute Gasteiger partial charge is 0.275 e. The summed E-state index contributed by atoms with van der Waals surface area (Å²) in [5.41, 5.74) is 4.83. The zero-order valence-electron chi connectivity index (χ0n) is 9.87. The molecule has 90 valence electrons. The Bertz CT molecular complexity index is 451. The molecule has 2 aromatic rings. The van der Waals surface area contributed by atoms with Crippen LogP contribution in [0.2, 0.25) is 0 Å². The predicted molar refractivity (Wildman–Crippen MR) is 65.8 cm³/mol. The summed E-state index contributed by atoms with van der Waals surface area (Å²) in [5.74, 6) is 5.56. The third-order valence-electron chi connectivity index (χ3n) is 2.71. The number of aryl methyl sites for hydroxylation is 2. The van der Waals surface area contributed by atoms with Crippen molar-refractivity contribution in [2.24, 2.45) is 12.9 Å². The second-order valence-electron chi connectivity index (χ2n) is 3.99. The molecule has 0 aliphatic carbocycles. The molecule has 0 amide bonds. The lowest BCUT2D eigenvalue weighted by Crippen LogP contribution is -2.28. The summed E-state index contributed by atoms with van der Waals surface area (Å²) in [6, 6.07) is 7.97. The van der Waals surface area contributed by atoms with Gasteiger partial charge in [0.1, 0.15) is 0 Å². The summed E-state index contributed by atoms with van der Waals surface area (Å²) in [4.78, 5) is 4.29. The fourth-order valence-electron chi connectivity index (χ4n) is 1.77. The molecule has 2 heterocycles. The summed E-state index contributed by atoms with van der Waals surface area (Å²) in [5, 5.41) is 4.35. The number of hydrogen-bond acceptors (Lipinski definition) is 4. The topological polar surface area (TPSA) is 68.8 Å². The van der Waals surface area contributed by atoms with Gasteiger partial charge in [0.2, 0.25) is 0 Å². The lowest BCUT2D eigenvalue weighted by molar-refractivity contribution is 0.495. The average Bonchev–Trinajstić information content (AvgIpc) is 2.78. The molecule has 1 unspecified atom stereocenters. The molecule has 0 saturated heterocycles. The molecule has 0 spiro atoms. The fraction of sp³-hybridized carbons (Fsp3) is 0.333. The second-order valence-corrected chi connectivity index (χ2v) is 3.99. The van der Waals surface area contributed by atoms with Crippen LogP contribution in [0, 0.1) is 0 Å². The van der Waals surface area contributed by atoms with E-state index in [1.54, 1.807) is 10.9 Å². The molecule has 17 heavy (non-hydrogen) atoms. The molecular formula is C12H17N5. The van der Waals surface area contributed by atoms with Crippen molar-refractivity contribution >= 4 is 0 Å². The minimum Gasteiger partial charge on any atom is -0.275 e. The number of aromatic nitrogens is 3. The minimum absolute atomic E-state index is 0.0678. The Balaban J connectivity index is 1.97. The molecule has 0 bridgehead atoms. The monoisotopic (exact) mass is 231 g/mol. The lowest BCUT2D eigenvalue weighted by Gasteiger charge is -2.12. The van der Waals surface area contributed by atoms with E-state index in [0.29, 0.717) is 0 Å². The molecule has 2 aromatic heterocycles. The summed E-state index contributed by atoms with van der Waals surface area (Å²) in [6.45, 7) is 0. The molecule has 3 N–H and O–H groups in total. The van der Waals surface area contributed by atoms with Gasteiger partial charge in [-0.15, -0.1) is 0 Å². The van der Waals surface area contributed by atoms with E-state index >= 15 is 0 Å². The van der Waals surface area contributed by atoms with Crippen LogP contribution in [0.1, 0.15) is 23.9 Å². The zero-order chi connectivity index (χ0) is 12.1. The van der Waals surface area contributed by atoms with Crippen LogP contribution in [-0.4, -0.2) is 14.8 Å². The van der Waals surface area contributed by atoms with Crippen LogP contribution >= 0.6 is 0 Å². The van der Waals surface area contributed by atoms with Crippen molar-refractivity contribution in [2.75, 3.05) is 0 Å². The van der Waals surface area contributed by atoms with Gasteiger partial charge in [-0.25, -0.2) is 0 Å². The maximum Gasteiger partial charge on any atom is 0.0807 e. The van der Waals surface area contributed by atoms with Crippen molar-refractivity contribution in [3.8, 4) is 0 Å². The van der Waals surface area contributed by atoms with Gasteiger partial charge >= 0.3 is 0 Å². The van der Waals surface area contributed by atoms with E-state index in [1.165, 1.54) is 0 Å². The van der Waals surface area contributed by atoms with Crippen LogP contribution < -0.4 is 11.3 Å². The fourth-order valence-corrected chi connectivity index (χ4v) is 1.77. The summed E-state index contributed by atoms with van der Waals surface area (Å²) in [7, 11) is 1.90. The lowest BCUT2D eigenvalue weighted by atomic mass is 10.1. The average molecular weight is 231 g/mol. The first-order chi connectivity index (χ1) is 8.29. The van der Waals surface area contributed by atoms with Gasteiger partial charge in [0, 0.05) is 25.1 Å². The predicted octanol–water partition coefficient (Wildman–Crippen LogP) is 0.952. The number of nitrogens with two attached hydrogens (primary N) is 1. The highest BCUT2D eigenvalue weighted by Gasteiger charge is 2.12. The van der Waals surface area contributed by atoms with Crippen LogP contribution in [0.25, 0.3) is 0 Å². The zero-order valence-corrected chi connectivity index (χ0v) is 9.87. The molecule has 0 aliphatic heterocycles. The Morgan fingerprint density at radius 3 is 2.88 bits per heavy atom. The Morgan fingerprint density at radius 1 is 1.41 bits per heavy atom. The van der Waals surface area contributed by atoms with Crippen LogP contribution in [-0.2, 0) is 13.5 Å². The van der Waals surface area contributed by atoms with Crippen molar-refractivity contribution in [1.82, 2.24) is 20.2 Å². The summed E-state index contributed by atoms with van der Waals surface area (Å²) >= 11 is 0. The number of rotatable bonds is 5. The van der Waals surface area contributed by atoms with Gasteiger partial charge < -0.3 is 0 Å². The quantitative estimate of drug-likeness (QED) is 0.594. The Labute approximate surface area is 101 Å². The van der Waals surface area contributed by atoms with E-state index in [2.05, 4.69) is 15.5 Å².